The molecule has 1 fully saturated rings. The minimum atomic E-state index is -4.33. The lowest BCUT2D eigenvalue weighted by Gasteiger charge is -2.15. The van der Waals surface area contributed by atoms with Gasteiger partial charge in [0, 0.05) is 17.1 Å². The van der Waals surface area contributed by atoms with Crippen LogP contribution in [0.25, 0.3) is 0 Å². The molecule has 2 nitrogen and oxygen atoms in total. The SMILES string of the molecule is CNC(c1cnc(C(F)(F)F)s1)C1CC1(C)C. The smallest absolute Gasteiger partial charge is 0.312 e. The summed E-state index contributed by atoms with van der Waals surface area (Å²) in [4.78, 5) is 4.14. The number of nitrogens with one attached hydrogen (secondary N) is 1. The van der Waals surface area contributed by atoms with Crippen LogP contribution in [0.2, 0.25) is 0 Å². The van der Waals surface area contributed by atoms with Crippen LogP contribution in [0, 0.1) is 11.3 Å². The van der Waals surface area contributed by atoms with Gasteiger partial charge in [0.1, 0.15) is 0 Å². The van der Waals surface area contributed by atoms with Crippen LogP contribution in [0.15, 0.2) is 6.20 Å². The van der Waals surface area contributed by atoms with Gasteiger partial charge in [0.05, 0.1) is 0 Å². The monoisotopic (exact) mass is 264 g/mol. The lowest BCUT2D eigenvalue weighted by atomic mass is 10.0. The maximum absolute atomic E-state index is 12.5. The first-order chi connectivity index (χ1) is 7.75. The number of thiazole rings is 1. The Morgan fingerprint density at radius 2 is 2.12 bits per heavy atom. The third kappa shape index (κ3) is 2.47. The number of rotatable bonds is 3. The van der Waals surface area contributed by atoms with E-state index in [2.05, 4.69) is 24.1 Å². The predicted octanol–water partition coefficient (Wildman–Crippen LogP) is 3.47. The van der Waals surface area contributed by atoms with E-state index in [4.69, 9.17) is 0 Å². The van der Waals surface area contributed by atoms with Gasteiger partial charge in [-0.25, -0.2) is 4.98 Å². The Morgan fingerprint density at radius 1 is 1.53 bits per heavy atom. The summed E-state index contributed by atoms with van der Waals surface area (Å²) < 4.78 is 37.4. The van der Waals surface area contributed by atoms with E-state index >= 15 is 0 Å². The van der Waals surface area contributed by atoms with Crippen LogP contribution < -0.4 is 5.32 Å². The van der Waals surface area contributed by atoms with Crippen LogP contribution in [0.5, 0.6) is 0 Å². The average Bonchev–Trinajstić information content (AvgIpc) is 2.66. The molecule has 1 aromatic rings. The summed E-state index contributed by atoms with van der Waals surface area (Å²) in [5.41, 5.74) is 0.218. The van der Waals surface area contributed by atoms with Gasteiger partial charge in [-0.1, -0.05) is 13.8 Å². The highest BCUT2D eigenvalue weighted by atomic mass is 32.1. The van der Waals surface area contributed by atoms with Crippen molar-refractivity contribution in [2.24, 2.45) is 11.3 Å². The summed E-state index contributed by atoms with van der Waals surface area (Å²) in [6, 6.07) is -0.0152. The molecule has 0 spiro atoms. The van der Waals surface area contributed by atoms with Crippen LogP contribution >= 0.6 is 11.3 Å². The Hall–Kier alpha value is -0.620. The molecule has 2 atom stereocenters. The number of hydrogen-bond donors (Lipinski definition) is 1. The fraction of sp³-hybridized carbons (Fsp3) is 0.727. The molecule has 6 heteroatoms. The number of alkyl halides is 3. The summed E-state index contributed by atoms with van der Waals surface area (Å²) in [6.07, 6.45) is -1.94. The molecule has 0 saturated heterocycles. The van der Waals surface area contributed by atoms with Crippen LogP contribution in [0.4, 0.5) is 13.2 Å². The predicted molar refractivity (Wildman–Crippen MR) is 60.8 cm³/mol. The molecular formula is C11H15F3N2S. The molecule has 1 aliphatic rings. The number of aromatic nitrogens is 1. The molecule has 2 rings (SSSR count). The summed E-state index contributed by atoms with van der Waals surface area (Å²) >= 11 is 0.743. The van der Waals surface area contributed by atoms with Crippen molar-refractivity contribution in [2.75, 3.05) is 7.05 Å². The Bertz CT molecular complexity index is 411. The van der Waals surface area contributed by atoms with Gasteiger partial charge in [0.15, 0.2) is 5.01 Å². The van der Waals surface area contributed by atoms with Crippen molar-refractivity contribution in [1.29, 1.82) is 0 Å². The van der Waals surface area contributed by atoms with Gasteiger partial charge in [0.25, 0.3) is 0 Å². The van der Waals surface area contributed by atoms with Gasteiger partial charge in [-0.05, 0) is 24.8 Å². The largest absolute Gasteiger partial charge is 0.443 e. The van der Waals surface area contributed by atoms with E-state index in [0.29, 0.717) is 10.8 Å². The first-order valence-electron chi connectivity index (χ1n) is 5.46. The number of nitrogens with zero attached hydrogens (tertiary/aromatic N) is 1. The number of halogens is 3. The van der Waals surface area contributed by atoms with Gasteiger partial charge in [-0.15, -0.1) is 11.3 Å². The molecule has 0 radical (unpaired) electrons. The van der Waals surface area contributed by atoms with E-state index < -0.39 is 11.2 Å². The highest BCUT2D eigenvalue weighted by Crippen LogP contribution is 2.58. The van der Waals surface area contributed by atoms with E-state index in [1.54, 1.807) is 7.05 Å². The first kappa shape index (κ1) is 12.8. The van der Waals surface area contributed by atoms with Crippen LogP contribution in [0.3, 0.4) is 0 Å². The second-order valence-electron chi connectivity index (χ2n) is 5.13. The molecule has 17 heavy (non-hydrogen) atoms. The molecule has 96 valence electrons. The third-order valence-corrected chi connectivity index (χ3v) is 4.50. The second-order valence-corrected chi connectivity index (χ2v) is 6.19. The van der Waals surface area contributed by atoms with Crippen LogP contribution in [-0.4, -0.2) is 12.0 Å². The van der Waals surface area contributed by atoms with Crippen molar-refractivity contribution in [1.82, 2.24) is 10.3 Å². The summed E-state index contributed by atoms with van der Waals surface area (Å²) in [5, 5.41) is 2.35. The van der Waals surface area contributed by atoms with Crippen molar-refractivity contribution >= 4 is 11.3 Å². The Kier molecular flexibility index (Phi) is 2.98. The van der Waals surface area contributed by atoms with Gasteiger partial charge >= 0.3 is 6.18 Å². The molecule has 1 N–H and O–H groups in total. The van der Waals surface area contributed by atoms with E-state index in [0.717, 1.165) is 17.8 Å². The molecule has 1 aromatic heterocycles. The molecular weight excluding hydrogens is 249 g/mol. The molecule has 0 aromatic carbocycles. The average molecular weight is 264 g/mol. The Morgan fingerprint density at radius 3 is 2.47 bits per heavy atom. The molecule has 0 amide bonds. The fourth-order valence-electron chi connectivity index (χ4n) is 2.18. The van der Waals surface area contributed by atoms with Crippen molar-refractivity contribution in [3.63, 3.8) is 0 Å². The molecule has 1 aliphatic carbocycles. The maximum Gasteiger partial charge on any atom is 0.443 e. The highest BCUT2D eigenvalue weighted by molar-refractivity contribution is 7.11. The molecule has 1 heterocycles. The van der Waals surface area contributed by atoms with Crippen molar-refractivity contribution in [2.45, 2.75) is 32.5 Å². The van der Waals surface area contributed by atoms with Gasteiger partial charge in [0.2, 0.25) is 0 Å². The topological polar surface area (TPSA) is 24.9 Å². The first-order valence-corrected chi connectivity index (χ1v) is 6.27. The second kappa shape index (κ2) is 3.95. The standard InChI is InChI=1S/C11H15F3N2S/c1-10(2)4-6(10)8(15-3)7-5-16-9(17-7)11(12,13)14/h5-6,8,15H,4H2,1-3H3. The summed E-state index contributed by atoms with van der Waals surface area (Å²) in [7, 11) is 1.78. The zero-order chi connectivity index (χ0) is 12.8. The van der Waals surface area contributed by atoms with Gasteiger partial charge in [-0.2, -0.15) is 13.2 Å². The van der Waals surface area contributed by atoms with Crippen molar-refractivity contribution < 1.29 is 13.2 Å². The highest BCUT2D eigenvalue weighted by Gasteiger charge is 2.50. The number of hydrogen-bond acceptors (Lipinski definition) is 3. The summed E-state index contributed by atoms with van der Waals surface area (Å²) in [5.74, 6) is 0.397. The maximum atomic E-state index is 12.5. The van der Waals surface area contributed by atoms with Crippen LogP contribution in [0.1, 0.15) is 36.2 Å². The normalized spacial score (nSPS) is 24.7. The van der Waals surface area contributed by atoms with Gasteiger partial charge < -0.3 is 5.32 Å². The van der Waals surface area contributed by atoms with E-state index in [1.807, 2.05) is 0 Å². The van der Waals surface area contributed by atoms with E-state index in [1.165, 1.54) is 6.20 Å². The van der Waals surface area contributed by atoms with Gasteiger partial charge in [-0.3, -0.25) is 0 Å². The van der Waals surface area contributed by atoms with Crippen LogP contribution in [-0.2, 0) is 6.18 Å². The lowest BCUT2D eigenvalue weighted by molar-refractivity contribution is -0.137. The Balaban J connectivity index is 2.19. The van der Waals surface area contributed by atoms with E-state index in [9.17, 15) is 13.2 Å². The molecule has 2 unspecified atom stereocenters. The lowest BCUT2D eigenvalue weighted by Crippen LogP contribution is -2.19. The van der Waals surface area contributed by atoms with Crippen molar-refractivity contribution in [3.05, 3.63) is 16.1 Å². The molecule has 0 aliphatic heterocycles. The van der Waals surface area contributed by atoms with Crippen molar-refractivity contribution in [3.8, 4) is 0 Å². The Labute approximate surface area is 102 Å². The molecule has 1 saturated carbocycles. The molecule has 0 bridgehead atoms. The summed E-state index contributed by atoms with van der Waals surface area (Å²) in [6.45, 7) is 4.27. The van der Waals surface area contributed by atoms with E-state index in [-0.39, 0.29) is 11.5 Å². The zero-order valence-electron chi connectivity index (χ0n) is 9.93. The minimum Gasteiger partial charge on any atom is -0.312 e. The quantitative estimate of drug-likeness (QED) is 0.904. The third-order valence-electron chi connectivity index (χ3n) is 3.38. The minimum absolute atomic E-state index is 0.0152. The fourth-order valence-corrected chi connectivity index (χ4v) is 3.14. The zero-order valence-corrected chi connectivity index (χ0v) is 10.7.